The van der Waals surface area contributed by atoms with Crippen LogP contribution in [0.3, 0.4) is 0 Å². The first-order chi connectivity index (χ1) is 13.3. The lowest BCUT2D eigenvalue weighted by Gasteiger charge is -2.09. The zero-order chi connectivity index (χ0) is 18.5. The molecule has 0 atom stereocenters. The number of aromatic nitrogens is 2. The Bertz CT molecular complexity index is 1090. The summed E-state index contributed by atoms with van der Waals surface area (Å²) in [5.41, 5.74) is 7.58. The van der Waals surface area contributed by atoms with E-state index in [2.05, 4.69) is 22.7 Å². The van der Waals surface area contributed by atoms with Gasteiger partial charge in [0.25, 0.3) is 0 Å². The normalized spacial score (nSPS) is 11.1. The van der Waals surface area contributed by atoms with Gasteiger partial charge in [0, 0.05) is 17.0 Å². The van der Waals surface area contributed by atoms with Crippen LogP contribution in [0.4, 0.5) is 5.82 Å². The molecule has 1 heterocycles. The lowest BCUT2D eigenvalue weighted by Crippen LogP contribution is -2.03. The molecule has 4 nitrogen and oxygen atoms in total. The second-order valence-electron chi connectivity index (χ2n) is 6.06. The Balaban J connectivity index is 1.67. The van der Waals surface area contributed by atoms with Crippen molar-refractivity contribution in [1.82, 2.24) is 9.97 Å². The van der Waals surface area contributed by atoms with Crippen molar-refractivity contribution in [2.45, 2.75) is 6.42 Å². The van der Waals surface area contributed by atoms with Crippen LogP contribution in [-0.2, 0) is 6.42 Å². The molecule has 27 heavy (non-hydrogen) atoms. The number of anilines is 1. The van der Waals surface area contributed by atoms with Crippen molar-refractivity contribution in [3.63, 3.8) is 0 Å². The van der Waals surface area contributed by atoms with Crippen LogP contribution in [-0.4, -0.2) is 16.2 Å². The van der Waals surface area contributed by atoms with E-state index < -0.39 is 0 Å². The number of benzene rings is 3. The van der Waals surface area contributed by atoms with Crippen LogP contribution in [0.25, 0.3) is 11.0 Å². The number of para-hydroxylation sites is 2. The largest absolute Gasteiger partial charge is 0.260 e. The fourth-order valence-corrected chi connectivity index (χ4v) is 2.97. The van der Waals surface area contributed by atoms with Gasteiger partial charge < -0.3 is 0 Å². The highest BCUT2D eigenvalue weighted by atomic mass is 35.5. The minimum atomic E-state index is 0.640. The topological polar surface area (TPSA) is 50.2 Å². The highest BCUT2D eigenvalue weighted by Gasteiger charge is 2.09. The lowest BCUT2D eigenvalue weighted by molar-refractivity contribution is 1.06. The number of fused-ring (bicyclic) bond motifs is 1. The Kier molecular flexibility index (Phi) is 5.08. The Hall–Kier alpha value is -3.24. The minimum absolute atomic E-state index is 0.640. The summed E-state index contributed by atoms with van der Waals surface area (Å²) < 4.78 is 0. The van der Waals surface area contributed by atoms with Crippen LogP contribution < -0.4 is 5.43 Å². The van der Waals surface area contributed by atoms with E-state index in [1.165, 1.54) is 5.56 Å². The average Bonchev–Trinajstić information content (AvgIpc) is 2.70. The van der Waals surface area contributed by atoms with Gasteiger partial charge in [-0.2, -0.15) is 5.10 Å². The molecule has 0 aliphatic carbocycles. The van der Waals surface area contributed by atoms with Gasteiger partial charge in [0.15, 0.2) is 5.82 Å². The first kappa shape index (κ1) is 17.2. The lowest BCUT2D eigenvalue weighted by atomic mass is 10.1. The van der Waals surface area contributed by atoms with E-state index in [9.17, 15) is 0 Å². The van der Waals surface area contributed by atoms with E-state index in [1.807, 2.05) is 66.7 Å². The molecular weight excluding hydrogens is 356 g/mol. The van der Waals surface area contributed by atoms with Crippen molar-refractivity contribution in [2.75, 3.05) is 5.43 Å². The monoisotopic (exact) mass is 372 g/mol. The molecule has 4 aromatic rings. The Morgan fingerprint density at radius 2 is 1.48 bits per heavy atom. The van der Waals surface area contributed by atoms with Crippen molar-refractivity contribution >= 4 is 34.7 Å². The summed E-state index contributed by atoms with van der Waals surface area (Å²) >= 11 is 6.18. The number of halogens is 1. The quantitative estimate of drug-likeness (QED) is 0.381. The minimum Gasteiger partial charge on any atom is -0.260 e. The van der Waals surface area contributed by atoms with Gasteiger partial charge in [-0.05, 0) is 23.8 Å². The standard InChI is InChI=1S/C22H17ClN4/c23-18-11-5-4-10-17(18)15-24-27-22-21(14-16-8-2-1-3-9-16)25-19-12-6-7-13-20(19)26-22/h1-13,15H,14H2,(H,26,27)/b24-15-. The third-order valence-corrected chi connectivity index (χ3v) is 4.48. The third kappa shape index (κ3) is 4.13. The van der Waals surface area contributed by atoms with Gasteiger partial charge in [-0.3, -0.25) is 5.43 Å². The van der Waals surface area contributed by atoms with Crippen molar-refractivity contribution < 1.29 is 0 Å². The van der Waals surface area contributed by atoms with E-state index in [1.54, 1.807) is 6.21 Å². The van der Waals surface area contributed by atoms with E-state index in [4.69, 9.17) is 21.6 Å². The van der Waals surface area contributed by atoms with E-state index in [0.29, 0.717) is 17.3 Å². The number of hydrazone groups is 1. The number of hydrogen-bond donors (Lipinski definition) is 1. The molecule has 0 aliphatic heterocycles. The molecule has 132 valence electrons. The van der Waals surface area contributed by atoms with E-state index in [-0.39, 0.29) is 0 Å². The van der Waals surface area contributed by atoms with Crippen molar-refractivity contribution in [1.29, 1.82) is 0 Å². The second kappa shape index (κ2) is 7.98. The summed E-state index contributed by atoms with van der Waals surface area (Å²) in [7, 11) is 0. The second-order valence-corrected chi connectivity index (χ2v) is 6.47. The summed E-state index contributed by atoms with van der Waals surface area (Å²) in [5, 5.41) is 4.97. The van der Waals surface area contributed by atoms with Crippen molar-refractivity contribution in [2.24, 2.45) is 5.10 Å². The molecule has 1 N–H and O–H groups in total. The number of hydrogen-bond acceptors (Lipinski definition) is 4. The van der Waals surface area contributed by atoms with Crippen LogP contribution in [0.1, 0.15) is 16.8 Å². The molecule has 0 bridgehead atoms. The van der Waals surface area contributed by atoms with Gasteiger partial charge in [0.2, 0.25) is 0 Å². The van der Waals surface area contributed by atoms with Gasteiger partial charge in [-0.1, -0.05) is 72.3 Å². The molecule has 3 aromatic carbocycles. The molecule has 0 saturated heterocycles. The molecule has 0 spiro atoms. The maximum Gasteiger partial charge on any atom is 0.169 e. The fraction of sp³-hybridized carbons (Fsp3) is 0.0455. The molecule has 0 amide bonds. The predicted molar refractivity (Wildman–Crippen MR) is 111 cm³/mol. The van der Waals surface area contributed by atoms with Gasteiger partial charge in [0.05, 0.1) is 22.9 Å². The molecular formula is C22H17ClN4. The zero-order valence-electron chi connectivity index (χ0n) is 14.5. The predicted octanol–water partition coefficient (Wildman–Crippen LogP) is 5.32. The molecule has 1 aromatic heterocycles. The van der Waals surface area contributed by atoms with Gasteiger partial charge >= 0.3 is 0 Å². The van der Waals surface area contributed by atoms with Crippen LogP contribution in [0, 0.1) is 0 Å². The molecule has 0 saturated carbocycles. The summed E-state index contributed by atoms with van der Waals surface area (Å²) in [6.45, 7) is 0. The Labute approximate surface area is 162 Å². The van der Waals surface area contributed by atoms with E-state index in [0.717, 1.165) is 22.3 Å². The fourth-order valence-electron chi connectivity index (χ4n) is 2.78. The molecule has 0 unspecified atom stereocenters. The number of nitrogens with zero attached hydrogens (tertiary/aromatic N) is 3. The average molecular weight is 373 g/mol. The Morgan fingerprint density at radius 1 is 0.815 bits per heavy atom. The SMILES string of the molecule is Clc1ccccc1/C=N\Nc1nc2ccccc2nc1Cc1ccccc1. The number of rotatable bonds is 5. The Morgan fingerprint density at radius 3 is 2.26 bits per heavy atom. The molecule has 0 radical (unpaired) electrons. The van der Waals surface area contributed by atoms with Gasteiger partial charge in [-0.25, -0.2) is 9.97 Å². The van der Waals surface area contributed by atoms with Crippen molar-refractivity contribution in [3.8, 4) is 0 Å². The summed E-state index contributed by atoms with van der Waals surface area (Å²) in [4.78, 5) is 9.49. The third-order valence-electron chi connectivity index (χ3n) is 4.14. The number of nitrogens with one attached hydrogen (secondary N) is 1. The maximum absolute atomic E-state index is 6.18. The molecule has 0 fully saturated rings. The van der Waals surface area contributed by atoms with Gasteiger partial charge in [0.1, 0.15) is 0 Å². The molecule has 5 heteroatoms. The highest BCUT2D eigenvalue weighted by Crippen LogP contribution is 2.20. The smallest absolute Gasteiger partial charge is 0.169 e. The van der Waals surface area contributed by atoms with Gasteiger partial charge in [-0.15, -0.1) is 0 Å². The maximum atomic E-state index is 6.18. The summed E-state index contributed by atoms with van der Waals surface area (Å²) in [6, 6.07) is 25.6. The van der Waals surface area contributed by atoms with Crippen LogP contribution in [0.2, 0.25) is 5.02 Å². The van der Waals surface area contributed by atoms with Crippen LogP contribution >= 0.6 is 11.6 Å². The van der Waals surface area contributed by atoms with E-state index >= 15 is 0 Å². The molecule has 0 aliphatic rings. The first-order valence-electron chi connectivity index (χ1n) is 8.63. The summed E-state index contributed by atoms with van der Waals surface area (Å²) in [6.07, 6.45) is 2.36. The first-order valence-corrected chi connectivity index (χ1v) is 9.00. The highest BCUT2D eigenvalue weighted by molar-refractivity contribution is 6.33. The summed E-state index contributed by atoms with van der Waals surface area (Å²) in [5.74, 6) is 0.640. The molecule has 4 rings (SSSR count). The van der Waals surface area contributed by atoms with Crippen LogP contribution in [0.5, 0.6) is 0 Å². The zero-order valence-corrected chi connectivity index (χ0v) is 15.3. The van der Waals surface area contributed by atoms with Crippen LogP contribution in [0.15, 0.2) is 84.0 Å². The van der Waals surface area contributed by atoms with Crippen molar-refractivity contribution in [3.05, 3.63) is 101 Å².